The summed E-state index contributed by atoms with van der Waals surface area (Å²) in [4.78, 5) is 23.3. The number of amides is 1. The highest BCUT2D eigenvalue weighted by atomic mass is 32.1. The molecule has 3 heterocycles. The third kappa shape index (κ3) is 3.79. The quantitative estimate of drug-likeness (QED) is 0.473. The van der Waals surface area contributed by atoms with Gasteiger partial charge in [0.05, 0.1) is 16.9 Å². The molecule has 156 valence electrons. The largest absolute Gasteiger partial charge is 0.485 e. The summed E-state index contributed by atoms with van der Waals surface area (Å²) in [7, 11) is 0. The molecule has 2 aromatic heterocycles. The van der Waals surface area contributed by atoms with E-state index in [1.54, 1.807) is 42.6 Å². The average molecular weight is 439 g/mol. The molecular weight excluding hydrogens is 424 g/mol. The van der Waals surface area contributed by atoms with Gasteiger partial charge < -0.3 is 9.47 Å². The van der Waals surface area contributed by atoms with Crippen LogP contribution < -0.4 is 14.4 Å². The number of hydrogen-bond acceptors (Lipinski definition) is 6. The van der Waals surface area contributed by atoms with Crippen LogP contribution >= 0.6 is 11.3 Å². The number of fused-ring (bicyclic) bond motifs is 2. The second kappa shape index (κ2) is 7.92. The van der Waals surface area contributed by atoms with E-state index in [0.717, 1.165) is 17.4 Å². The maximum absolute atomic E-state index is 14.2. The van der Waals surface area contributed by atoms with Crippen molar-refractivity contribution >= 4 is 32.6 Å². The molecule has 4 aromatic rings. The number of nitrogens with zero attached hydrogens (tertiary/aromatic N) is 3. The molecule has 0 saturated heterocycles. The summed E-state index contributed by atoms with van der Waals surface area (Å²) in [5.74, 6) is -0.889. The van der Waals surface area contributed by atoms with E-state index in [2.05, 4.69) is 9.97 Å². The predicted octanol–water partition coefficient (Wildman–Crippen LogP) is 4.34. The van der Waals surface area contributed by atoms with E-state index in [4.69, 9.17) is 9.47 Å². The number of hydrogen-bond donors (Lipinski definition) is 0. The van der Waals surface area contributed by atoms with Crippen molar-refractivity contribution in [3.05, 3.63) is 78.1 Å². The van der Waals surface area contributed by atoms with Crippen molar-refractivity contribution in [2.75, 3.05) is 11.5 Å². The van der Waals surface area contributed by atoms with Crippen LogP contribution in [0.5, 0.6) is 11.5 Å². The van der Waals surface area contributed by atoms with Gasteiger partial charge in [-0.1, -0.05) is 29.5 Å². The summed E-state index contributed by atoms with van der Waals surface area (Å²) in [5, 5.41) is 0.220. The maximum Gasteiger partial charge on any atom is 0.273 e. The zero-order valence-corrected chi connectivity index (χ0v) is 16.8. The van der Waals surface area contributed by atoms with Gasteiger partial charge in [-0.05, 0) is 30.3 Å². The smallest absolute Gasteiger partial charge is 0.273 e. The Hall–Kier alpha value is -3.59. The molecule has 2 aromatic carbocycles. The van der Waals surface area contributed by atoms with Gasteiger partial charge in [0.25, 0.3) is 5.91 Å². The Bertz CT molecular complexity index is 1270. The van der Waals surface area contributed by atoms with Crippen LogP contribution in [0.4, 0.5) is 13.9 Å². The number of carbonyl (C=O) groups is 1. The van der Waals surface area contributed by atoms with E-state index in [1.165, 1.54) is 11.0 Å². The lowest BCUT2D eigenvalue weighted by Crippen LogP contribution is -2.46. The fourth-order valence-corrected chi connectivity index (χ4v) is 4.28. The molecule has 0 fully saturated rings. The fourth-order valence-electron chi connectivity index (χ4n) is 3.27. The number of para-hydroxylation sites is 2. The summed E-state index contributed by atoms with van der Waals surface area (Å²) >= 11 is 1.02. The number of halogens is 2. The Labute approximate surface area is 179 Å². The Kier molecular flexibility index (Phi) is 4.95. The number of pyridine rings is 1. The van der Waals surface area contributed by atoms with Crippen molar-refractivity contribution in [1.82, 2.24) is 9.97 Å². The lowest BCUT2D eigenvalue weighted by molar-refractivity contribution is -0.127. The van der Waals surface area contributed by atoms with Crippen molar-refractivity contribution in [3.63, 3.8) is 0 Å². The first-order chi connectivity index (χ1) is 15.1. The molecule has 6 nitrogen and oxygen atoms in total. The first-order valence-corrected chi connectivity index (χ1v) is 10.3. The van der Waals surface area contributed by atoms with Crippen LogP contribution in [-0.4, -0.2) is 28.6 Å². The molecule has 0 bridgehead atoms. The molecule has 0 N–H and O–H groups in total. The summed E-state index contributed by atoms with van der Waals surface area (Å²) in [6.45, 7) is 0.105. The Morgan fingerprint density at radius 1 is 1.13 bits per heavy atom. The van der Waals surface area contributed by atoms with E-state index < -0.39 is 23.6 Å². The highest BCUT2D eigenvalue weighted by Crippen LogP contribution is 2.35. The number of ether oxygens (including phenoxy) is 2. The second-order valence-corrected chi connectivity index (χ2v) is 7.85. The van der Waals surface area contributed by atoms with Crippen LogP contribution in [0.25, 0.3) is 10.2 Å². The van der Waals surface area contributed by atoms with Crippen molar-refractivity contribution < 1.29 is 23.0 Å². The van der Waals surface area contributed by atoms with Crippen molar-refractivity contribution in [1.29, 1.82) is 0 Å². The third-order valence-corrected chi connectivity index (χ3v) is 5.75. The number of carbonyl (C=O) groups excluding carboxylic acids is 1. The molecular formula is C22H15F2N3O3S. The second-order valence-electron chi connectivity index (χ2n) is 6.84. The van der Waals surface area contributed by atoms with Gasteiger partial charge in [0.1, 0.15) is 17.9 Å². The molecule has 5 rings (SSSR count). The van der Waals surface area contributed by atoms with Crippen LogP contribution in [0.1, 0.15) is 5.69 Å². The summed E-state index contributed by atoms with van der Waals surface area (Å²) < 4.78 is 39.7. The normalized spacial score (nSPS) is 15.1. The van der Waals surface area contributed by atoms with Crippen molar-refractivity contribution in [2.45, 2.75) is 12.6 Å². The summed E-state index contributed by atoms with van der Waals surface area (Å²) in [5.41, 5.74) is 0.616. The first-order valence-electron chi connectivity index (χ1n) is 9.44. The highest BCUT2D eigenvalue weighted by molar-refractivity contribution is 7.22. The SMILES string of the molecule is O=C([C@H]1COc2ccccc2O1)N(Cc1ccccn1)c1nc2c(F)cc(F)cc2s1. The zero-order chi connectivity index (χ0) is 21.4. The lowest BCUT2D eigenvalue weighted by atomic mass is 10.2. The van der Waals surface area contributed by atoms with Crippen LogP contribution in [0, 0.1) is 11.6 Å². The van der Waals surface area contributed by atoms with Gasteiger partial charge in [-0.25, -0.2) is 13.8 Å². The van der Waals surface area contributed by atoms with E-state index in [9.17, 15) is 13.6 Å². The van der Waals surface area contributed by atoms with Gasteiger partial charge >= 0.3 is 0 Å². The van der Waals surface area contributed by atoms with E-state index in [-0.39, 0.29) is 23.8 Å². The van der Waals surface area contributed by atoms with Crippen LogP contribution in [0.3, 0.4) is 0 Å². The van der Waals surface area contributed by atoms with E-state index in [0.29, 0.717) is 21.9 Å². The summed E-state index contributed by atoms with van der Waals surface area (Å²) in [6.07, 6.45) is 0.689. The van der Waals surface area contributed by atoms with E-state index >= 15 is 0 Å². The lowest BCUT2D eigenvalue weighted by Gasteiger charge is -2.29. The minimum absolute atomic E-state index is 0.00591. The number of thiazole rings is 1. The fraction of sp³-hybridized carbons (Fsp3) is 0.136. The molecule has 1 atom stereocenters. The molecule has 0 aliphatic carbocycles. The van der Waals surface area contributed by atoms with Gasteiger partial charge in [-0.15, -0.1) is 0 Å². The Morgan fingerprint density at radius 3 is 2.74 bits per heavy atom. The highest BCUT2D eigenvalue weighted by Gasteiger charge is 2.33. The molecule has 0 radical (unpaired) electrons. The number of aromatic nitrogens is 2. The number of anilines is 1. The van der Waals surface area contributed by atoms with Crippen molar-refractivity contribution in [3.8, 4) is 11.5 Å². The Balaban J connectivity index is 1.52. The van der Waals surface area contributed by atoms with Gasteiger partial charge in [-0.3, -0.25) is 14.7 Å². The minimum Gasteiger partial charge on any atom is -0.485 e. The molecule has 0 saturated carbocycles. The molecule has 9 heteroatoms. The number of benzene rings is 2. The van der Waals surface area contributed by atoms with Crippen LogP contribution in [-0.2, 0) is 11.3 Å². The minimum atomic E-state index is -0.924. The maximum atomic E-state index is 14.2. The van der Waals surface area contributed by atoms with Gasteiger partial charge in [0.2, 0.25) is 6.10 Å². The third-order valence-electron chi connectivity index (χ3n) is 4.73. The van der Waals surface area contributed by atoms with Gasteiger partial charge in [0.15, 0.2) is 22.4 Å². The van der Waals surface area contributed by atoms with Crippen LogP contribution in [0.2, 0.25) is 0 Å². The molecule has 0 unspecified atom stereocenters. The van der Waals surface area contributed by atoms with Gasteiger partial charge in [0, 0.05) is 12.3 Å². The molecule has 1 aliphatic rings. The predicted molar refractivity (Wildman–Crippen MR) is 111 cm³/mol. The molecule has 31 heavy (non-hydrogen) atoms. The zero-order valence-electron chi connectivity index (χ0n) is 16.0. The first kappa shape index (κ1) is 19.4. The number of rotatable bonds is 4. The standard InChI is InChI=1S/C22H15F2N3O3S/c23-13-9-15(24)20-19(10-13)31-22(26-20)27(11-14-5-3-4-8-25-14)21(28)18-12-29-16-6-1-2-7-17(16)30-18/h1-10,18H,11-12H2/t18-/m1/s1. The monoisotopic (exact) mass is 439 g/mol. The van der Waals surface area contributed by atoms with Crippen molar-refractivity contribution in [2.24, 2.45) is 0 Å². The molecule has 1 amide bonds. The summed E-state index contributed by atoms with van der Waals surface area (Å²) in [6, 6.07) is 14.4. The van der Waals surface area contributed by atoms with Crippen LogP contribution in [0.15, 0.2) is 60.8 Å². The average Bonchev–Trinajstić information content (AvgIpc) is 3.21. The van der Waals surface area contributed by atoms with Gasteiger partial charge in [-0.2, -0.15) is 0 Å². The van der Waals surface area contributed by atoms with E-state index in [1.807, 2.05) is 6.07 Å². The molecule has 0 spiro atoms. The topological polar surface area (TPSA) is 64.6 Å². The molecule has 1 aliphatic heterocycles. The Morgan fingerprint density at radius 2 is 1.94 bits per heavy atom.